The summed E-state index contributed by atoms with van der Waals surface area (Å²) in [7, 11) is 0. The van der Waals surface area contributed by atoms with E-state index in [1.807, 2.05) is 12.4 Å². The topological polar surface area (TPSA) is 41.9 Å². The lowest BCUT2D eigenvalue weighted by molar-refractivity contribution is 0.385. The Morgan fingerprint density at radius 2 is 2.32 bits per heavy atom. The van der Waals surface area contributed by atoms with E-state index in [1.165, 1.54) is 24.9 Å². The zero-order valence-corrected chi connectivity index (χ0v) is 11.3. The summed E-state index contributed by atoms with van der Waals surface area (Å²) >= 11 is 0. The van der Waals surface area contributed by atoms with Crippen LogP contribution in [0.25, 0.3) is 11.0 Å². The maximum absolute atomic E-state index is 4.42. The molecule has 4 nitrogen and oxygen atoms in total. The number of nitrogens with zero attached hydrogens (tertiary/aromatic N) is 2. The third-order valence-electron chi connectivity index (χ3n) is 3.83. The largest absolute Gasteiger partial charge is 0.331 e. The van der Waals surface area contributed by atoms with E-state index in [9.17, 15) is 0 Å². The fourth-order valence-electron chi connectivity index (χ4n) is 2.77. The third kappa shape index (κ3) is 3.14. The number of benzene rings is 1. The lowest BCUT2D eigenvalue weighted by Gasteiger charge is -2.23. The molecule has 1 aliphatic heterocycles. The second-order valence-electron chi connectivity index (χ2n) is 5.28. The first kappa shape index (κ1) is 12.6. The number of imidazole rings is 1. The number of hydrogen-bond donors (Lipinski definition) is 2. The Morgan fingerprint density at radius 1 is 1.37 bits per heavy atom. The Bertz CT molecular complexity index is 514. The first-order valence-electron chi connectivity index (χ1n) is 7.27. The molecule has 102 valence electrons. The number of hydrogen-bond acceptors (Lipinski definition) is 3. The van der Waals surface area contributed by atoms with Crippen molar-refractivity contribution in [2.24, 2.45) is 0 Å². The second kappa shape index (κ2) is 6.17. The summed E-state index contributed by atoms with van der Waals surface area (Å²) in [6, 6.07) is 8.98. The van der Waals surface area contributed by atoms with Crippen molar-refractivity contribution in [3.8, 4) is 0 Å². The van der Waals surface area contributed by atoms with Crippen molar-refractivity contribution >= 4 is 11.0 Å². The molecule has 0 aliphatic carbocycles. The molecule has 2 N–H and O–H groups in total. The molecule has 0 saturated carbocycles. The third-order valence-corrected chi connectivity index (χ3v) is 3.83. The average molecular weight is 258 g/mol. The van der Waals surface area contributed by atoms with Crippen LogP contribution in [0.3, 0.4) is 0 Å². The highest BCUT2D eigenvalue weighted by Crippen LogP contribution is 2.12. The van der Waals surface area contributed by atoms with Gasteiger partial charge in [0.2, 0.25) is 0 Å². The average Bonchev–Trinajstić information content (AvgIpc) is 2.88. The fraction of sp³-hybridized carbons (Fsp3) is 0.533. The van der Waals surface area contributed by atoms with E-state index in [2.05, 4.69) is 38.4 Å². The molecule has 0 bridgehead atoms. The highest BCUT2D eigenvalue weighted by molar-refractivity contribution is 5.74. The molecule has 2 heterocycles. The van der Waals surface area contributed by atoms with Crippen LogP contribution in [0.5, 0.6) is 0 Å². The Hall–Kier alpha value is -1.39. The van der Waals surface area contributed by atoms with Crippen LogP contribution < -0.4 is 10.6 Å². The van der Waals surface area contributed by atoms with Gasteiger partial charge in [-0.3, -0.25) is 0 Å². The van der Waals surface area contributed by atoms with E-state index in [-0.39, 0.29) is 0 Å². The summed E-state index contributed by atoms with van der Waals surface area (Å²) in [4.78, 5) is 4.42. The number of aromatic nitrogens is 2. The van der Waals surface area contributed by atoms with E-state index >= 15 is 0 Å². The summed E-state index contributed by atoms with van der Waals surface area (Å²) in [6.45, 7) is 4.42. The molecular formula is C15H22N4. The maximum Gasteiger partial charge on any atom is 0.0958 e. The molecule has 1 aromatic heterocycles. The highest BCUT2D eigenvalue weighted by atomic mass is 15.0. The smallest absolute Gasteiger partial charge is 0.0958 e. The molecule has 1 aromatic carbocycles. The van der Waals surface area contributed by atoms with Gasteiger partial charge in [-0.05, 0) is 44.5 Å². The number of para-hydroxylation sites is 2. The lowest BCUT2D eigenvalue weighted by Crippen LogP contribution is -2.43. The van der Waals surface area contributed by atoms with Gasteiger partial charge >= 0.3 is 0 Å². The van der Waals surface area contributed by atoms with E-state index in [0.717, 1.165) is 31.6 Å². The van der Waals surface area contributed by atoms with Crippen LogP contribution in [-0.4, -0.2) is 35.2 Å². The summed E-state index contributed by atoms with van der Waals surface area (Å²) in [5.74, 6) is 0. The highest BCUT2D eigenvalue weighted by Gasteiger charge is 2.11. The van der Waals surface area contributed by atoms with Crippen LogP contribution in [0.4, 0.5) is 0 Å². The molecule has 19 heavy (non-hydrogen) atoms. The molecule has 0 amide bonds. The van der Waals surface area contributed by atoms with Crippen LogP contribution in [-0.2, 0) is 6.54 Å². The van der Waals surface area contributed by atoms with Gasteiger partial charge < -0.3 is 15.2 Å². The molecule has 1 atom stereocenters. The number of rotatable bonds is 5. The molecule has 3 rings (SSSR count). The van der Waals surface area contributed by atoms with Crippen molar-refractivity contribution in [2.45, 2.75) is 31.8 Å². The van der Waals surface area contributed by atoms with Gasteiger partial charge in [0, 0.05) is 19.1 Å². The molecule has 2 aromatic rings. The zero-order chi connectivity index (χ0) is 12.9. The van der Waals surface area contributed by atoms with Crippen LogP contribution in [0, 0.1) is 0 Å². The predicted molar refractivity (Wildman–Crippen MR) is 78.2 cm³/mol. The number of aryl methyl sites for hydroxylation is 1. The van der Waals surface area contributed by atoms with Crippen LogP contribution in [0.1, 0.15) is 19.3 Å². The molecule has 1 unspecified atom stereocenters. The summed E-state index contributed by atoms with van der Waals surface area (Å²) in [5.41, 5.74) is 2.33. The standard InChI is InChI=1S/C15H22N4/c1-2-7-15-14(6-1)18-12-19(15)10-4-9-17-13-5-3-8-16-11-13/h1-2,6-7,12-13,16-17H,3-5,8-11H2. The van der Waals surface area contributed by atoms with Crippen LogP contribution in [0.2, 0.25) is 0 Å². The van der Waals surface area contributed by atoms with E-state index in [1.54, 1.807) is 0 Å². The van der Waals surface area contributed by atoms with E-state index < -0.39 is 0 Å². The minimum absolute atomic E-state index is 0.660. The zero-order valence-electron chi connectivity index (χ0n) is 11.3. The van der Waals surface area contributed by atoms with Crippen molar-refractivity contribution in [1.82, 2.24) is 20.2 Å². The minimum Gasteiger partial charge on any atom is -0.331 e. The molecule has 0 spiro atoms. The Morgan fingerprint density at radius 3 is 3.21 bits per heavy atom. The van der Waals surface area contributed by atoms with Crippen molar-refractivity contribution in [2.75, 3.05) is 19.6 Å². The maximum atomic E-state index is 4.42. The minimum atomic E-state index is 0.660. The Labute approximate surface area is 114 Å². The van der Waals surface area contributed by atoms with Gasteiger partial charge in [0.1, 0.15) is 0 Å². The molecule has 1 fully saturated rings. The predicted octanol–water partition coefficient (Wildman–Crippen LogP) is 1.77. The van der Waals surface area contributed by atoms with E-state index in [4.69, 9.17) is 0 Å². The number of fused-ring (bicyclic) bond motifs is 1. The van der Waals surface area contributed by atoms with Crippen molar-refractivity contribution in [3.63, 3.8) is 0 Å². The van der Waals surface area contributed by atoms with Gasteiger partial charge in [-0.2, -0.15) is 0 Å². The normalized spacial score (nSPS) is 19.9. The molecule has 1 aliphatic rings. The Kier molecular flexibility index (Phi) is 4.10. The van der Waals surface area contributed by atoms with Gasteiger partial charge in [-0.25, -0.2) is 4.98 Å². The van der Waals surface area contributed by atoms with E-state index in [0.29, 0.717) is 6.04 Å². The monoisotopic (exact) mass is 258 g/mol. The van der Waals surface area contributed by atoms with Gasteiger partial charge in [0.15, 0.2) is 0 Å². The first-order chi connectivity index (χ1) is 9.43. The number of piperidine rings is 1. The summed E-state index contributed by atoms with van der Waals surface area (Å²) in [6.07, 6.45) is 5.70. The Balaban J connectivity index is 1.47. The van der Waals surface area contributed by atoms with Gasteiger partial charge in [-0.1, -0.05) is 12.1 Å². The lowest BCUT2D eigenvalue weighted by atomic mass is 10.1. The molecular weight excluding hydrogens is 236 g/mol. The van der Waals surface area contributed by atoms with Crippen molar-refractivity contribution < 1.29 is 0 Å². The van der Waals surface area contributed by atoms with Gasteiger partial charge in [-0.15, -0.1) is 0 Å². The van der Waals surface area contributed by atoms with Crippen LogP contribution in [0.15, 0.2) is 30.6 Å². The summed E-state index contributed by atoms with van der Waals surface area (Å²) in [5, 5.41) is 7.07. The first-order valence-corrected chi connectivity index (χ1v) is 7.27. The number of nitrogens with one attached hydrogen (secondary N) is 2. The fourth-order valence-corrected chi connectivity index (χ4v) is 2.77. The van der Waals surface area contributed by atoms with Crippen LogP contribution >= 0.6 is 0 Å². The van der Waals surface area contributed by atoms with Gasteiger partial charge in [0.05, 0.1) is 17.4 Å². The summed E-state index contributed by atoms with van der Waals surface area (Å²) < 4.78 is 2.25. The molecule has 1 saturated heterocycles. The molecule has 4 heteroatoms. The van der Waals surface area contributed by atoms with Gasteiger partial charge in [0.25, 0.3) is 0 Å². The van der Waals surface area contributed by atoms with Crippen molar-refractivity contribution in [1.29, 1.82) is 0 Å². The van der Waals surface area contributed by atoms with Crippen molar-refractivity contribution in [3.05, 3.63) is 30.6 Å². The second-order valence-corrected chi connectivity index (χ2v) is 5.28. The SMILES string of the molecule is c1ccc2c(c1)ncn2CCCNC1CCCNC1. The molecule has 0 radical (unpaired) electrons. The quantitative estimate of drug-likeness (QED) is 0.803.